The summed E-state index contributed by atoms with van der Waals surface area (Å²) in [5.41, 5.74) is 4.62. The minimum absolute atomic E-state index is 0.191. The second kappa shape index (κ2) is 11.3. The highest BCUT2D eigenvalue weighted by molar-refractivity contribution is 7.82. The highest BCUT2D eigenvalue weighted by Gasteiger charge is 2.14. The molecule has 3 aromatic rings. The average molecular weight is 430 g/mol. The summed E-state index contributed by atoms with van der Waals surface area (Å²) in [5.74, 6) is -0.984. The number of aliphatic imine (C=N–C) groups is 1. The lowest BCUT2D eigenvalue weighted by atomic mass is 9.99. The number of carboxylic acid groups (broad SMARTS) is 1. The summed E-state index contributed by atoms with van der Waals surface area (Å²) in [6, 6.07) is 25.2. The van der Waals surface area contributed by atoms with E-state index in [4.69, 9.17) is 17.2 Å². The molecule has 0 radical (unpaired) electrons. The molecule has 3 nitrogen and oxygen atoms in total. The summed E-state index contributed by atoms with van der Waals surface area (Å²) < 4.78 is 0. The van der Waals surface area contributed by atoms with Gasteiger partial charge in [-0.15, -0.1) is 0 Å². The van der Waals surface area contributed by atoms with Crippen LogP contribution in [0.25, 0.3) is 11.1 Å². The number of para-hydroxylation sites is 1. The van der Waals surface area contributed by atoms with Crippen LogP contribution in [-0.2, 0) is 0 Å². The predicted octanol–water partition coefficient (Wildman–Crippen LogP) is 7.51. The van der Waals surface area contributed by atoms with Crippen molar-refractivity contribution >= 4 is 34.5 Å². The molecule has 0 bridgehead atoms. The van der Waals surface area contributed by atoms with E-state index in [-0.39, 0.29) is 5.56 Å². The Morgan fingerprint density at radius 3 is 2.16 bits per heavy atom. The van der Waals surface area contributed by atoms with E-state index >= 15 is 0 Å². The fourth-order valence-electron chi connectivity index (χ4n) is 3.45. The maximum atomic E-state index is 11.6. The zero-order chi connectivity index (χ0) is 22.1. The Hall–Kier alpha value is -3.11. The zero-order valence-corrected chi connectivity index (χ0v) is 18.6. The van der Waals surface area contributed by atoms with Crippen molar-refractivity contribution in [2.45, 2.75) is 39.0 Å². The van der Waals surface area contributed by atoms with Crippen LogP contribution in [0.3, 0.4) is 0 Å². The number of benzene rings is 3. The van der Waals surface area contributed by atoms with E-state index in [2.05, 4.69) is 31.2 Å². The van der Waals surface area contributed by atoms with E-state index in [0.717, 1.165) is 54.5 Å². The topological polar surface area (TPSA) is 49.7 Å². The molecule has 0 saturated carbocycles. The largest absolute Gasteiger partial charge is 0.478 e. The summed E-state index contributed by atoms with van der Waals surface area (Å²) in [6.07, 6.45) is 5.13. The molecule has 1 N–H and O–H groups in total. The van der Waals surface area contributed by atoms with Crippen molar-refractivity contribution in [1.29, 1.82) is 0 Å². The van der Waals surface area contributed by atoms with Gasteiger partial charge in [0.15, 0.2) is 0 Å². The first kappa shape index (κ1) is 22.6. The SMILES string of the molecule is CCCCCCC(=Nc1ccccc1C(=O)O)C(=S)c1ccc(-c2ccccc2)cc1. The molecule has 0 atom stereocenters. The van der Waals surface area contributed by atoms with Crippen LogP contribution in [0.1, 0.15) is 54.9 Å². The van der Waals surface area contributed by atoms with Gasteiger partial charge in [0.2, 0.25) is 0 Å². The van der Waals surface area contributed by atoms with Crippen molar-refractivity contribution in [3.63, 3.8) is 0 Å². The normalized spacial score (nSPS) is 11.3. The zero-order valence-electron chi connectivity index (χ0n) is 17.8. The Bertz CT molecular complexity index is 1060. The number of aromatic carboxylic acids is 1. The van der Waals surface area contributed by atoms with E-state index in [9.17, 15) is 9.90 Å². The van der Waals surface area contributed by atoms with E-state index in [1.807, 2.05) is 30.3 Å². The summed E-state index contributed by atoms with van der Waals surface area (Å²) in [7, 11) is 0. The lowest BCUT2D eigenvalue weighted by Gasteiger charge is -2.11. The van der Waals surface area contributed by atoms with Gasteiger partial charge >= 0.3 is 5.97 Å². The molecule has 0 heterocycles. The number of unbranched alkanes of at least 4 members (excludes halogenated alkanes) is 3. The van der Waals surface area contributed by atoms with Gasteiger partial charge in [-0.05, 0) is 41.7 Å². The van der Waals surface area contributed by atoms with Crippen LogP contribution in [0.5, 0.6) is 0 Å². The molecule has 3 aromatic carbocycles. The van der Waals surface area contributed by atoms with Gasteiger partial charge in [0.05, 0.1) is 21.8 Å². The third kappa shape index (κ3) is 6.19. The van der Waals surface area contributed by atoms with Crippen LogP contribution in [0.4, 0.5) is 5.69 Å². The van der Waals surface area contributed by atoms with Gasteiger partial charge in [-0.3, -0.25) is 4.99 Å². The summed E-state index contributed by atoms with van der Waals surface area (Å²) in [6.45, 7) is 2.18. The highest BCUT2D eigenvalue weighted by Crippen LogP contribution is 2.23. The second-order valence-electron chi connectivity index (χ2n) is 7.46. The van der Waals surface area contributed by atoms with Crippen LogP contribution in [0.15, 0.2) is 83.9 Å². The van der Waals surface area contributed by atoms with E-state index < -0.39 is 5.97 Å². The minimum Gasteiger partial charge on any atom is -0.478 e. The second-order valence-corrected chi connectivity index (χ2v) is 7.87. The molecule has 0 spiro atoms. The monoisotopic (exact) mass is 429 g/mol. The molecule has 0 saturated heterocycles. The number of hydrogen-bond donors (Lipinski definition) is 1. The van der Waals surface area contributed by atoms with Crippen LogP contribution >= 0.6 is 12.2 Å². The molecule has 0 amide bonds. The lowest BCUT2D eigenvalue weighted by Crippen LogP contribution is -2.13. The van der Waals surface area contributed by atoms with E-state index in [1.165, 1.54) is 0 Å². The molecule has 0 unspecified atom stereocenters. The summed E-state index contributed by atoms with van der Waals surface area (Å²) in [4.78, 5) is 17.0. The van der Waals surface area contributed by atoms with Gasteiger partial charge in [-0.2, -0.15) is 0 Å². The van der Waals surface area contributed by atoms with Gasteiger partial charge in [0, 0.05) is 0 Å². The van der Waals surface area contributed by atoms with Gasteiger partial charge in [-0.1, -0.05) is 105 Å². The lowest BCUT2D eigenvalue weighted by molar-refractivity contribution is 0.0698. The van der Waals surface area contributed by atoms with E-state index in [0.29, 0.717) is 10.6 Å². The van der Waals surface area contributed by atoms with E-state index in [1.54, 1.807) is 24.3 Å². The Balaban J connectivity index is 1.90. The number of carboxylic acids is 1. The molecule has 3 rings (SSSR count). The Morgan fingerprint density at radius 1 is 0.839 bits per heavy atom. The maximum Gasteiger partial charge on any atom is 0.337 e. The van der Waals surface area contributed by atoms with Gasteiger partial charge < -0.3 is 5.11 Å². The number of rotatable bonds is 10. The Kier molecular flexibility index (Phi) is 8.25. The third-order valence-corrected chi connectivity index (χ3v) is 5.64. The first-order valence-electron chi connectivity index (χ1n) is 10.7. The molecule has 0 aliphatic heterocycles. The molecule has 158 valence electrons. The first-order chi connectivity index (χ1) is 15.1. The number of hydrogen-bond acceptors (Lipinski definition) is 3. The number of thiocarbonyl (C=S) groups is 1. The van der Waals surface area contributed by atoms with Crippen LogP contribution < -0.4 is 0 Å². The highest BCUT2D eigenvalue weighted by atomic mass is 32.1. The molecule has 0 aromatic heterocycles. The predicted molar refractivity (Wildman–Crippen MR) is 133 cm³/mol. The van der Waals surface area contributed by atoms with Crippen LogP contribution in [0.2, 0.25) is 0 Å². The summed E-state index contributed by atoms with van der Waals surface area (Å²) >= 11 is 5.81. The first-order valence-corrected chi connectivity index (χ1v) is 11.1. The average Bonchev–Trinajstić information content (AvgIpc) is 2.81. The van der Waals surface area contributed by atoms with Crippen molar-refractivity contribution < 1.29 is 9.90 Å². The molecule has 0 aliphatic rings. The fourth-order valence-corrected chi connectivity index (χ4v) is 3.73. The standard InChI is InChI=1S/C27H27NO2S/c1-2-3-4-8-15-25(28-24-14-10-9-13-23(24)27(29)30)26(31)22-18-16-21(17-19-22)20-11-6-5-7-12-20/h5-7,9-14,16-19H,2-4,8,15H2,1H3,(H,29,30). The van der Waals surface area contributed by atoms with Crippen molar-refractivity contribution in [2.24, 2.45) is 4.99 Å². The van der Waals surface area contributed by atoms with Gasteiger partial charge in [0.1, 0.15) is 0 Å². The quantitative estimate of drug-likeness (QED) is 0.157. The Labute approximate surface area is 189 Å². The molecule has 31 heavy (non-hydrogen) atoms. The Morgan fingerprint density at radius 2 is 1.48 bits per heavy atom. The molecule has 0 aliphatic carbocycles. The molecule has 4 heteroatoms. The van der Waals surface area contributed by atoms with Crippen molar-refractivity contribution in [1.82, 2.24) is 0 Å². The maximum absolute atomic E-state index is 11.6. The molecular formula is C27H27NO2S. The molecule has 0 fully saturated rings. The van der Waals surface area contributed by atoms with Gasteiger partial charge in [0.25, 0.3) is 0 Å². The summed E-state index contributed by atoms with van der Waals surface area (Å²) in [5, 5.41) is 9.52. The minimum atomic E-state index is -0.984. The third-order valence-electron chi connectivity index (χ3n) is 5.17. The number of carbonyl (C=O) groups is 1. The van der Waals surface area contributed by atoms with Crippen molar-refractivity contribution in [2.75, 3.05) is 0 Å². The van der Waals surface area contributed by atoms with Gasteiger partial charge in [-0.25, -0.2) is 4.79 Å². The van der Waals surface area contributed by atoms with Crippen molar-refractivity contribution in [3.05, 3.63) is 90.0 Å². The van der Waals surface area contributed by atoms with Crippen LogP contribution in [0, 0.1) is 0 Å². The van der Waals surface area contributed by atoms with Crippen molar-refractivity contribution in [3.8, 4) is 11.1 Å². The molecular weight excluding hydrogens is 402 g/mol. The smallest absolute Gasteiger partial charge is 0.337 e. The number of nitrogens with zero attached hydrogens (tertiary/aromatic N) is 1. The fraction of sp³-hybridized carbons (Fsp3) is 0.222. The van der Waals surface area contributed by atoms with Crippen LogP contribution in [-0.4, -0.2) is 21.7 Å².